The zero-order chi connectivity index (χ0) is 8.10. The van der Waals surface area contributed by atoms with Gasteiger partial charge in [0.25, 0.3) is 6.34 Å². The molecule has 3 nitrogen and oxygen atoms in total. The molecule has 0 aliphatic carbocycles. The van der Waals surface area contributed by atoms with Gasteiger partial charge in [-0.1, -0.05) is 13.3 Å². The first-order valence-corrected chi connectivity index (χ1v) is 4.38. The minimum atomic E-state index is 0.978. The third-order valence-corrected chi connectivity index (χ3v) is 1.83. The molecule has 1 atom stereocenters. The summed E-state index contributed by atoms with van der Waals surface area (Å²) < 4.78 is 1.98. The standard InChI is InChI=1S/C8H16N3/c1-3-5-6-10-7-9-11(4-2)8-10/h7-8H,3-6H2,1-2H3/q+1/p+1. The Bertz CT molecular complexity index is 172. The molecule has 0 aromatic carbocycles. The molecule has 0 radical (unpaired) electrons. The van der Waals surface area contributed by atoms with Crippen molar-refractivity contribution >= 4 is 12.7 Å². The number of nitrogens with zero attached hydrogens (tertiary/aromatic N) is 2. The lowest BCUT2D eigenvalue weighted by molar-refractivity contribution is -0.706. The lowest BCUT2D eigenvalue weighted by atomic mass is 10.3. The Kier molecular flexibility index (Phi) is 3.23. The quantitative estimate of drug-likeness (QED) is 0.537. The van der Waals surface area contributed by atoms with Gasteiger partial charge in [0, 0.05) is 0 Å². The van der Waals surface area contributed by atoms with Crippen LogP contribution in [-0.2, 0) is 0 Å². The summed E-state index contributed by atoms with van der Waals surface area (Å²) in [6.07, 6.45) is 6.64. The van der Waals surface area contributed by atoms with Crippen molar-refractivity contribution in [2.75, 3.05) is 13.1 Å². The van der Waals surface area contributed by atoms with Crippen LogP contribution in [0.3, 0.4) is 0 Å². The van der Waals surface area contributed by atoms with Crippen LogP contribution in [0.2, 0.25) is 0 Å². The Morgan fingerprint density at radius 1 is 1.45 bits per heavy atom. The number of hydrazone groups is 1. The van der Waals surface area contributed by atoms with Crippen LogP contribution in [0, 0.1) is 0 Å². The highest BCUT2D eigenvalue weighted by Crippen LogP contribution is 1.80. The number of unbranched alkanes of at least 4 members (excludes halogenated alkanes) is 1. The first-order valence-electron chi connectivity index (χ1n) is 4.38. The molecule has 0 amide bonds. The largest absolute Gasteiger partial charge is 0.361 e. The lowest BCUT2D eigenvalue weighted by Crippen LogP contribution is -3.09. The average molecular weight is 155 g/mol. The van der Waals surface area contributed by atoms with E-state index in [-0.39, 0.29) is 0 Å². The molecule has 1 heterocycles. The van der Waals surface area contributed by atoms with Gasteiger partial charge < -0.3 is 0 Å². The van der Waals surface area contributed by atoms with Crippen LogP contribution in [0.1, 0.15) is 26.7 Å². The maximum absolute atomic E-state index is 4.20. The van der Waals surface area contributed by atoms with Crippen molar-refractivity contribution in [1.29, 1.82) is 0 Å². The molecule has 0 saturated carbocycles. The molecule has 1 N–H and O–H groups in total. The van der Waals surface area contributed by atoms with E-state index < -0.39 is 0 Å². The van der Waals surface area contributed by atoms with Gasteiger partial charge in [-0.3, -0.25) is 0 Å². The van der Waals surface area contributed by atoms with E-state index in [9.17, 15) is 0 Å². The topological polar surface area (TPSA) is 19.8 Å². The van der Waals surface area contributed by atoms with Crippen molar-refractivity contribution in [3.8, 4) is 0 Å². The van der Waals surface area contributed by atoms with Crippen molar-refractivity contribution in [3.63, 3.8) is 0 Å². The zero-order valence-electron chi connectivity index (χ0n) is 7.38. The fourth-order valence-corrected chi connectivity index (χ4v) is 1.09. The highest BCUT2D eigenvalue weighted by Gasteiger charge is 2.16. The fraction of sp³-hybridized carbons (Fsp3) is 0.750. The minimum Gasteiger partial charge on any atom is -0.205 e. The molecule has 62 valence electrons. The fourth-order valence-electron chi connectivity index (χ4n) is 1.09. The first-order chi connectivity index (χ1) is 5.36. The van der Waals surface area contributed by atoms with Crippen LogP contribution in [0.25, 0.3) is 0 Å². The third kappa shape index (κ3) is 2.42. The second-order valence-electron chi connectivity index (χ2n) is 2.81. The minimum absolute atomic E-state index is 0.978. The molecule has 1 aliphatic rings. The maximum Gasteiger partial charge on any atom is 0.361 e. The van der Waals surface area contributed by atoms with E-state index in [1.165, 1.54) is 24.3 Å². The smallest absolute Gasteiger partial charge is 0.205 e. The first kappa shape index (κ1) is 8.40. The highest BCUT2D eigenvalue weighted by molar-refractivity contribution is 5.57. The van der Waals surface area contributed by atoms with Gasteiger partial charge >= 0.3 is 6.34 Å². The predicted molar refractivity (Wildman–Crippen MR) is 46.1 cm³/mol. The second kappa shape index (κ2) is 4.23. The van der Waals surface area contributed by atoms with E-state index in [1.54, 1.807) is 0 Å². The Hall–Kier alpha value is -0.700. The molecular formula is C8H17N3+2. The molecule has 3 heteroatoms. The second-order valence-corrected chi connectivity index (χ2v) is 2.81. The number of hydrogen-bond acceptors (Lipinski definition) is 1. The zero-order valence-corrected chi connectivity index (χ0v) is 7.38. The SMILES string of the molecule is CCCC[NH+]1C=N[N+](CC)=C1. The normalized spacial score (nSPS) is 22.4. The average Bonchev–Trinajstić information content (AvgIpc) is 2.48. The van der Waals surface area contributed by atoms with Crippen molar-refractivity contribution in [1.82, 2.24) is 0 Å². The van der Waals surface area contributed by atoms with Gasteiger partial charge in [-0.15, -0.1) is 0 Å². The molecule has 0 aromatic heterocycles. The predicted octanol–water partition coefficient (Wildman–Crippen LogP) is -0.311. The maximum atomic E-state index is 4.20. The van der Waals surface area contributed by atoms with E-state index in [0.717, 1.165) is 6.54 Å². The number of rotatable bonds is 4. The molecule has 1 unspecified atom stereocenters. The van der Waals surface area contributed by atoms with E-state index in [0.29, 0.717) is 0 Å². The number of nitrogens with one attached hydrogen (secondary N) is 1. The lowest BCUT2D eigenvalue weighted by Gasteiger charge is -1.97. The van der Waals surface area contributed by atoms with Gasteiger partial charge in [-0.05, 0) is 18.0 Å². The van der Waals surface area contributed by atoms with Gasteiger partial charge in [0.05, 0.1) is 11.6 Å². The summed E-state index contributed by atoms with van der Waals surface area (Å²) in [5, 5.41) is 4.20. The summed E-state index contributed by atoms with van der Waals surface area (Å²) in [6.45, 7) is 6.48. The summed E-state index contributed by atoms with van der Waals surface area (Å²) in [7, 11) is 0. The summed E-state index contributed by atoms with van der Waals surface area (Å²) >= 11 is 0. The molecule has 0 bridgehead atoms. The molecular weight excluding hydrogens is 138 g/mol. The van der Waals surface area contributed by atoms with E-state index >= 15 is 0 Å². The molecule has 0 spiro atoms. The van der Waals surface area contributed by atoms with Crippen LogP contribution in [0.5, 0.6) is 0 Å². The van der Waals surface area contributed by atoms with Gasteiger partial charge in [-0.2, -0.15) is 0 Å². The number of quaternary nitrogens is 1. The Morgan fingerprint density at radius 2 is 2.27 bits per heavy atom. The van der Waals surface area contributed by atoms with Crippen molar-refractivity contribution in [3.05, 3.63) is 0 Å². The van der Waals surface area contributed by atoms with Crippen molar-refractivity contribution < 1.29 is 9.58 Å². The number of hydrogen-bond donors (Lipinski definition) is 1. The Morgan fingerprint density at radius 3 is 2.82 bits per heavy atom. The summed E-state index contributed by atoms with van der Waals surface area (Å²) in [5.74, 6) is 0. The van der Waals surface area contributed by atoms with Crippen molar-refractivity contribution in [2.24, 2.45) is 5.10 Å². The van der Waals surface area contributed by atoms with E-state index in [1.807, 2.05) is 11.0 Å². The van der Waals surface area contributed by atoms with Crippen LogP contribution >= 0.6 is 0 Å². The van der Waals surface area contributed by atoms with Crippen LogP contribution < -0.4 is 4.90 Å². The molecule has 0 fully saturated rings. The third-order valence-electron chi connectivity index (χ3n) is 1.83. The van der Waals surface area contributed by atoms with Gasteiger partial charge in [0.15, 0.2) is 6.54 Å². The summed E-state index contributed by atoms with van der Waals surface area (Å²) in [6, 6.07) is 0. The van der Waals surface area contributed by atoms with Crippen molar-refractivity contribution in [2.45, 2.75) is 26.7 Å². The molecule has 1 aliphatic heterocycles. The molecule has 1 rings (SSSR count). The van der Waals surface area contributed by atoms with Gasteiger partial charge in [-0.25, -0.2) is 4.90 Å². The van der Waals surface area contributed by atoms with Gasteiger partial charge in [0.2, 0.25) is 0 Å². The summed E-state index contributed by atoms with van der Waals surface area (Å²) in [4.78, 5) is 1.37. The van der Waals surface area contributed by atoms with Crippen LogP contribution in [-0.4, -0.2) is 30.5 Å². The van der Waals surface area contributed by atoms with Gasteiger partial charge in [0.1, 0.15) is 0 Å². The molecule has 0 aromatic rings. The summed E-state index contributed by atoms with van der Waals surface area (Å²) in [5.41, 5.74) is 0. The van der Waals surface area contributed by atoms with E-state index in [4.69, 9.17) is 0 Å². The highest BCUT2D eigenvalue weighted by atomic mass is 15.5. The molecule has 11 heavy (non-hydrogen) atoms. The van der Waals surface area contributed by atoms with Crippen LogP contribution in [0.15, 0.2) is 5.10 Å². The Balaban J connectivity index is 2.29. The Labute approximate surface area is 68.0 Å². The van der Waals surface area contributed by atoms with E-state index in [2.05, 4.69) is 25.3 Å². The molecule has 0 saturated heterocycles. The van der Waals surface area contributed by atoms with Crippen LogP contribution in [0.4, 0.5) is 0 Å². The monoisotopic (exact) mass is 155 g/mol.